The number of carbonyl (C=O) groups excluding carboxylic acids is 2. The Bertz CT molecular complexity index is 799. The number of amides is 2. The Labute approximate surface area is 175 Å². The van der Waals surface area contributed by atoms with E-state index in [1.54, 1.807) is 4.90 Å². The number of hydrogen-bond acceptors (Lipinski definition) is 2. The van der Waals surface area contributed by atoms with E-state index in [0.717, 1.165) is 23.1 Å². The minimum absolute atomic E-state index is 0.0178. The SMILES string of the molecule is CCNC(=O)[C@H](CC)N(Cc1cccc(C)c1)C(=O)CCc1ccc(CC)cc1. The average Bonchev–Trinajstić information content (AvgIpc) is 2.72. The van der Waals surface area contributed by atoms with Gasteiger partial charge in [-0.2, -0.15) is 0 Å². The van der Waals surface area contributed by atoms with E-state index in [2.05, 4.69) is 42.6 Å². The average molecular weight is 395 g/mol. The first-order valence-electron chi connectivity index (χ1n) is 10.7. The van der Waals surface area contributed by atoms with Gasteiger partial charge in [0.1, 0.15) is 6.04 Å². The van der Waals surface area contributed by atoms with Gasteiger partial charge in [0.15, 0.2) is 0 Å². The van der Waals surface area contributed by atoms with Crippen molar-refractivity contribution in [3.8, 4) is 0 Å². The second-order valence-corrected chi connectivity index (χ2v) is 7.50. The maximum atomic E-state index is 13.2. The number of carbonyl (C=O) groups is 2. The van der Waals surface area contributed by atoms with Crippen LogP contribution in [0.3, 0.4) is 0 Å². The highest BCUT2D eigenvalue weighted by Crippen LogP contribution is 2.16. The summed E-state index contributed by atoms with van der Waals surface area (Å²) in [6.45, 7) is 9.04. The lowest BCUT2D eigenvalue weighted by Gasteiger charge is -2.30. The summed E-state index contributed by atoms with van der Waals surface area (Å²) >= 11 is 0. The number of hydrogen-bond donors (Lipinski definition) is 1. The molecule has 0 aliphatic rings. The summed E-state index contributed by atoms with van der Waals surface area (Å²) in [7, 11) is 0. The molecule has 1 N–H and O–H groups in total. The first-order valence-corrected chi connectivity index (χ1v) is 10.7. The van der Waals surface area contributed by atoms with Crippen molar-refractivity contribution in [1.29, 1.82) is 0 Å². The van der Waals surface area contributed by atoms with Crippen molar-refractivity contribution in [1.82, 2.24) is 10.2 Å². The molecular weight excluding hydrogens is 360 g/mol. The molecule has 2 aromatic rings. The summed E-state index contributed by atoms with van der Waals surface area (Å²) in [4.78, 5) is 27.6. The highest BCUT2D eigenvalue weighted by Gasteiger charge is 2.28. The van der Waals surface area contributed by atoms with Crippen molar-refractivity contribution in [3.63, 3.8) is 0 Å². The van der Waals surface area contributed by atoms with Crippen LogP contribution in [0, 0.1) is 6.92 Å². The van der Waals surface area contributed by atoms with E-state index in [9.17, 15) is 9.59 Å². The van der Waals surface area contributed by atoms with Crippen LogP contribution >= 0.6 is 0 Å². The van der Waals surface area contributed by atoms with Crippen molar-refractivity contribution < 1.29 is 9.59 Å². The Balaban J connectivity index is 2.17. The van der Waals surface area contributed by atoms with E-state index in [-0.39, 0.29) is 11.8 Å². The van der Waals surface area contributed by atoms with Gasteiger partial charge >= 0.3 is 0 Å². The highest BCUT2D eigenvalue weighted by molar-refractivity contribution is 5.87. The van der Waals surface area contributed by atoms with Crippen LogP contribution in [0.15, 0.2) is 48.5 Å². The Morgan fingerprint density at radius 3 is 2.24 bits per heavy atom. The molecule has 1 atom stereocenters. The number of aryl methyl sites for hydroxylation is 3. The molecule has 0 aliphatic heterocycles. The number of nitrogens with one attached hydrogen (secondary N) is 1. The lowest BCUT2D eigenvalue weighted by atomic mass is 10.0. The van der Waals surface area contributed by atoms with Crippen LogP contribution in [0.4, 0.5) is 0 Å². The van der Waals surface area contributed by atoms with Crippen molar-refractivity contribution in [2.45, 2.75) is 66.0 Å². The predicted molar refractivity (Wildman–Crippen MR) is 119 cm³/mol. The van der Waals surface area contributed by atoms with E-state index in [4.69, 9.17) is 0 Å². The maximum absolute atomic E-state index is 13.2. The van der Waals surface area contributed by atoms with Gasteiger partial charge in [-0.3, -0.25) is 9.59 Å². The van der Waals surface area contributed by atoms with Crippen molar-refractivity contribution in [2.24, 2.45) is 0 Å². The molecule has 4 nitrogen and oxygen atoms in total. The molecule has 29 heavy (non-hydrogen) atoms. The second kappa shape index (κ2) is 11.4. The van der Waals surface area contributed by atoms with Gasteiger partial charge in [0.2, 0.25) is 11.8 Å². The maximum Gasteiger partial charge on any atom is 0.242 e. The lowest BCUT2D eigenvalue weighted by Crippen LogP contribution is -2.49. The second-order valence-electron chi connectivity index (χ2n) is 7.50. The molecule has 156 valence electrons. The number of nitrogens with zero attached hydrogens (tertiary/aromatic N) is 1. The first-order chi connectivity index (χ1) is 14.0. The van der Waals surface area contributed by atoms with E-state index >= 15 is 0 Å². The smallest absolute Gasteiger partial charge is 0.242 e. The Morgan fingerprint density at radius 1 is 0.966 bits per heavy atom. The molecule has 2 amide bonds. The van der Waals surface area contributed by atoms with Gasteiger partial charge < -0.3 is 10.2 Å². The third-order valence-electron chi connectivity index (χ3n) is 5.23. The minimum atomic E-state index is -0.453. The van der Waals surface area contributed by atoms with Crippen molar-refractivity contribution >= 4 is 11.8 Å². The predicted octanol–water partition coefficient (Wildman–Crippen LogP) is 4.43. The molecule has 4 heteroatoms. The molecule has 0 fully saturated rings. The summed E-state index contributed by atoms with van der Waals surface area (Å²) < 4.78 is 0. The molecule has 0 saturated heterocycles. The van der Waals surface area contributed by atoms with Crippen LogP contribution in [0.25, 0.3) is 0 Å². The van der Waals surface area contributed by atoms with E-state index in [1.165, 1.54) is 5.56 Å². The summed E-state index contributed by atoms with van der Waals surface area (Å²) in [5.41, 5.74) is 4.64. The molecule has 0 saturated carbocycles. The molecule has 0 radical (unpaired) electrons. The van der Waals surface area contributed by atoms with E-state index in [0.29, 0.717) is 32.4 Å². The fourth-order valence-electron chi connectivity index (χ4n) is 3.56. The zero-order valence-corrected chi connectivity index (χ0v) is 18.2. The molecule has 0 heterocycles. The zero-order chi connectivity index (χ0) is 21.2. The first kappa shape index (κ1) is 22.7. The zero-order valence-electron chi connectivity index (χ0n) is 18.2. The minimum Gasteiger partial charge on any atom is -0.355 e. The van der Waals surface area contributed by atoms with Crippen molar-refractivity contribution in [2.75, 3.05) is 6.54 Å². The van der Waals surface area contributed by atoms with Gasteiger partial charge in [0.05, 0.1) is 0 Å². The molecule has 0 aliphatic carbocycles. The fourth-order valence-corrected chi connectivity index (χ4v) is 3.56. The third kappa shape index (κ3) is 6.74. The summed E-state index contributed by atoms with van der Waals surface area (Å²) in [5, 5.41) is 2.88. The van der Waals surface area contributed by atoms with Gasteiger partial charge in [-0.15, -0.1) is 0 Å². The fraction of sp³-hybridized carbons (Fsp3) is 0.440. The van der Waals surface area contributed by atoms with Crippen LogP contribution in [0.5, 0.6) is 0 Å². The van der Waals surface area contributed by atoms with Crippen LogP contribution in [0.2, 0.25) is 0 Å². The topological polar surface area (TPSA) is 49.4 Å². The van der Waals surface area contributed by atoms with Gasteiger partial charge in [0.25, 0.3) is 0 Å². The molecule has 0 bridgehead atoms. The van der Waals surface area contributed by atoms with Crippen LogP contribution < -0.4 is 5.32 Å². The van der Waals surface area contributed by atoms with E-state index < -0.39 is 6.04 Å². The van der Waals surface area contributed by atoms with Gasteiger partial charge in [-0.05, 0) is 49.8 Å². The molecule has 0 spiro atoms. The number of rotatable bonds is 10. The van der Waals surface area contributed by atoms with Gasteiger partial charge in [-0.1, -0.05) is 67.9 Å². The lowest BCUT2D eigenvalue weighted by molar-refractivity contribution is -0.141. The number of benzene rings is 2. The highest BCUT2D eigenvalue weighted by atomic mass is 16.2. The van der Waals surface area contributed by atoms with Crippen LogP contribution in [0.1, 0.15) is 55.9 Å². The Morgan fingerprint density at radius 2 is 1.66 bits per heavy atom. The monoisotopic (exact) mass is 394 g/mol. The van der Waals surface area contributed by atoms with Crippen LogP contribution in [-0.4, -0.2) is 29.3 Å². The van der Waals surface area contributed by atoms with E-state index in [1.807, 2.05) is 39.0 Å². The Kier molecular flexibility index (Phi) is 8.91. The molecule has 2 rings (SSSR count). The molecule has 0 aromatic heterocycles. The molecular formula is C25H34N2O2. The summed E-state index contributed by atoms with van der Waals surface area (Å²) in [5.74, 6) is -0.0625. The quantitative estimate of drug-likeness (QED) is 0.648. The molecule has 0 unspecified atom stereocenters. The third-order valence-corrected chi connectivity index (χ3v) is 5.23. The standard InChI is InChI=1S/C25H34N2O2/c1-5-20-11-13-21(14-12-20)15-16-24(28)27(23(6-2)25(29)26-7-3)18-22-10-8-9-19(4)17-22/h8-14,17,23H,5-7,15-16,18H2,1-4H3,(H,26,29)/t23-/m0/s1. The summed E-state index contributed by atoms with van der Waals surface area (Å²) in [6.07, 6.45) is 2.68. The molecule has 2 aromatic carbocycles. The van der Waals surface area contributed by atoms with Crippen molar-refractivity contribution in [3.05, 3.63) is 70.8 Å². The number of likely N-dealkylation sites (N-methyl/N-ethyl adjacent to an activating group) is 1. The van der Waals surface area contributed by atoms with Gasteiger partial charge in [0, 0.05) is 19.5 Å². The summed E-state index contributed by atoms with van der Waals surface area (Å²) in [6, 6.07) is 16.1. The normalized spacial score (nSPS) is 11.7. The Hall–Kier alpha value is -2.62. The van der Waals surface area contributed by atoms with Gasteiger partial charge in [-0.25, -0.2) is 0 Å². The largest absolute Gasteiger partial charge is 0.355 e. The van der Waals surface area contributed by atoms with Crippen LogP contribution in [-0.2, 0) is 29.0 Å².